The van der Waals surface area contributed by atoms with Crippen LogP contribution in [0.2, 0.25) is 0 Å². The fourth-order valence-electron chi connectivity index (χ4n) is 3.22. The van der Waals surface area contributed by atoms with Gasteiger partial charge in [-0.2, -0.15) is 0 Å². The van der Waals surface area contributed by atoms with Gasteiger partial charge in [-0.05, 0) is 38.0 Å². The zero-order chi connectivity index (χ0) is 15.7. The van der Waals surface area contributed by atoms with E-state index in [4.69, 9.17) is 0 Å². The number of carbonyl (C=O) groups is 1. The van der Waals surface area contributed by atoms with Gasteiger partial charge in [0, 0.05) is 31.6 Å². The minimum atomic E-state index is -0.276. The van der Waals surface area contributed by atoms with E-state index in [9.17, 15) is 9.90 Å². The number of rotatable bonds is 4. The number of aryl methyl sites for hydroxylation is 1. The topological polar surface area (TPSA) is 71.2 Å². The number of hydrogen-bond acceptors (Lipinski definition) is 4. The molecule has 0 radical (unpaired) electrons. The van der Waals surface area contributed by atoms with Crippen LogP contribution in [0.1, 0.15) is 36.5 Å². The van der Waals surface area contributed by atoms with Gasteiger partial charge in [-0.3, -0.25) is 4.79 Å². The molecule has 0 spiro atoms. The molecule has 1 saturated carbocycles. The normalized spacial score (nSPS) is 21.4. The maximum Gasteiger partial charge on any atom is 0.253 e. The van der Waals surface area contributed by atoms with Crippen molar-refractivity contribution >= 4 is 16.9 Å². The number of carbonyl (C=O) groups excluding carboxylic acids is 1. The summed E-state index contributed by atoms with van der Waals surface area (Å²) in [6.07, 6.45) is 2.60. The summed E-state index contributed by atoms with van der Waals surface area (Å²) in [5.41, 5.74) is 2.29. The smallest absolute Gasteiger partial charge is 0.253 e. The Balaban J connectivity index is 1.76. The average Bonchev–Trinajstić information content (AvgIpc) is 3.12. The summed E-state index contributed by atoms with van der Waals surface area (Å²) in [5, 5.41) is 18.1. The minimum absolute atomic E-state index is 0.0351. The summed E-state index contributed by atoms with van der Waals surface area (Å²) in [6.45, 7) is 3.36. The number of aliphatic hydroxyl groups is 1. The summed E-state index contributed by atoms with van der Waals surface area (Å²) < 4.78 is 1.81. The molecule has 1 amide bonds. The van der Waals surface area contributed by atoms with Gasteiger partial charge in [0.15, 0.2) is 0 Å². The second-order valence-corrected chi connectivity index (χ2v) is 6.05. The number of nitrogens with zero attached hydrogens (tertiary/aromatic N) is 4. The number of aliphatic hydroxyl groups excluding tert-OH is 1. The molecule has 1 aromatic carbocycles. The number of hydrogen-bond donors (Lipinski definition) is 1. The highest BCUT2D eigenvalue weighted by Gasteiger charge is 2.27. The molecule has 1 fully saturated rings. The molecule has 3 rings (SSSR count). The van der Waals surface area contributed by atoms with Crippen molar-refractivity contribution in [1.82, 2.24) is 19.9 Å². The molecule has 1 aliphatic carbocycles. The number of amides is 1. The van der Waals surface area contributed by atoms with Crippen molar-refractivity contribution in [3.63, 3.8) is 0 Å². The quantitative estimate of drug-likeness (QED) is 0.933. The largest absolute Gasteiger partial charge is 0.393 e. The Kier molecular flexibility index (Phi) is 4.11. The maximum absolute atomic E-state index is 12.5. The van der Waals surface area contributed by atoms with Crippen LogP contribution in [-0.2, 0) is 6.54 Å². The second-order valence-electron chi connectivity index (χ2n) is 6.05. The van der Waals surface area contributed by atoms with E-state index in [1.807, 2.05) is 23.7 Å². The van der Waals surface area contributed by atoms with Crippen molar-refractivity contribution in [3.8, 4) is 0 Å². The fraction of sp³-hybridized carbons (Fsp3) is 0.562. The van der Waals surface area contributed by atoms with Crippen molar-refractivity contribution in [1.29, 1.82) is 0 Å². The lowest BCUT2D eigenvalue weighted by Crippen LogP contribution is -2.34. The van der Waals surface area contributed by atoms with Crippen LogP contribution in [0.5, 0.6) is 0 Å². The van der Waals surface area contributed by atoms with Crippen molar-refractivity contribution < 1.29 is 9.90 Å². The molecule has 1 N–H and O–H groups in total. The van der Waals surface area contributed by atoms with Crippen LogP contribution in [0.25, 0.3) is 11.0 Å². The van der Waals surface area contributed by atoms with Gasteiger partial charge >= 0.3 is 0 Å². The standard InChI is InChI=1S/C16H22N4O2/c1-3-20-14-8-7-11(9-13(14)17-18-20)16(22)19(2)10-12-5-4-6-15(12)21/h7-9,12,15,21H,3-6,10H2,1-2H3. The van der Waals surface area contributed by atoms with E-state index in [1.165, 1.54) is 0 Å². The van der Waals surface area contributed by atoms with E-state index in [0.717, 1.165) is 36.8 Å². The molecule has 0 aliphatic heterocycles. The van der Waals surface area contributed by atoms with Crippen LogP contribution < -0.4 is 0 Å². The van der Waals surface area contributed by atoms with Crippen LogP contribution in [0.4, 0.5) is 0 Å². The first kappa shape index (κ1) is 15.0. The van der Waals surface area contributed by atoms with Gasteiger partial charge in [0.25, 0.3) is 5.91 Å². The molecule has 2 atom stereocenters. The van der Waals surface area contributed by atoms with Crippen LogP contribution >= 0.6 is 0 Å². The van der Waals surface area contributed by atoms with Gasteiger partial charge in [-0.25, -0.2) is 4.68 Å². The van der Waals surface area contributed by atoms with E-state index >= 15 is 0 Å². The molecule has 1 heterocycles. The Labute approximate surface area is 129 Å². The van der Waals surface area contributed by atoms with Gasteiger partial charge in [0.1, 0.15) is 5.52 Å². The van der Waals surface area contributed by atoms with Crippen molar-refractivity contribution in [2.45, 2.75) is 38.8 Å². The Bertz CT molecular complexity index is 682. The molecule has 6 heteroatoms. The van der Waals surface area contributed by atoms with Crippen LogP contribution in [0, 0.1) is 5.92 Å². The van der Waals surface area contributed by atoms with Crippen molar-refractivity contribution in [2.24, 2.45) is 5.92 Å². The van der Waals surface area contributed by atoms with E-state index in [-0.39, 0.29) is 17.9 Å². The highest BCUT2D eigenvalue weighted by molar-refractivity contribution is 5.97. The van der Waals surface area contributed by atoms with Gasteiger partial charge in [-0.15, -0.1) is 5.10 Å². The number of fused-ring (bicyclic) bond motifs is 1. The Morgan fingerprint density at radius 1 is 1.45 bits per heavy atom. The van der Waals surface area contributed by atoms with Crippen LogP contribution in [0.15, 0.2) is 18.2 Å². The second kappa shape index (κ2) is 6.04. The molecule has 2 unspecified atom stereocenters. The third-order valence-electron chi connectivity index (χ3n) is 4.53. The Hall–Kier alpha value is -1.95. The van der Waals surface area contributed by atoms with E-state index in [1.54, 1.807) is 18.0 Å². The molecule has 1 aliphatic rings. The summed E-state index contributed by atoms with van der Waals surface area (Å²) in [5.74, 6) is 0.158. The lowest BCUT2D eigenvalue weighted by Gasteiger charge is -2.23. The molecular weight excluding hydrogens is 280 g/mol. The molecule has 2 aromatic rings. The van der Waals surface area contributed by atoms with E-state index in [2.05, 4.69) is 10.3 Å². The molecule has 1 aromatic heterocycles. The minimum Gasteiger partial charge on any atom is -0.393 e. The molecule has 0 bridgehead atoms. The SMILES string of the molecule is CCn1nnc2cc(C(=O)N(C)CC3CCCC3O)ccc21. The summed E-state index contributed by atoms with van der Waals surface area (Å²) in [7, 11) is 1.79. The van der Waals surface area contributed by atoms with Gasteiger partial charge in [0.2, 0.25) is 0 Å². The summed E-state index contributed by atoms with van der Waals surface area (Å²) >= 11 is 0. The zero-order valence-electron chi connectivity index (χ0n) is 13.1. The highest BCUT2D eigenvalue weighted by Crippen LogP contribution is 2.26. The van der Waals surface area contributed by atoms with Gasteiger partial charge in [-0.1, -0.05) is 11.6 Å². The third kappa shape index (κ3) is 2.70. The van der Waals surface area contributed by atoms with Crippen molar-refractivity contribution in [3.05, 3.63) is 23.8 Å². The highest BCUT2D eigenvalue weighted by atomic mass is 16.3. The predicted octanol–water partition coefficient (Wildman–Crippen LogP) is 1.68. The summed E-state index contributed by atoms with van der Waals surface area (Å²) in [4.78, 5) is 14.2. The number of benzene rings is 1. The van der Waals surface area contributed by atoms with E-state index in [0.29, 0.717) is 12.1 Å². The Morgan fingerprint density at radius 2 is 2.27 bits per heavy atom. The van der Waals surface area contributed by atoms with Gasteiger partial charge < -0.3 is 10.0 Å². The van der Waals surface area contributed by atoms with Gasteiger partial charge in [0.05, 0.1) is 11.6 Å². The maximum atomic E-state index is 12.5. The lowest BCUT2D eigenvalue weighted by atomic mass is 10.1. The molecular formula is C16H22N4O2. The molecule has 0 saturated heterocycles. The number of aromatic nitrogens is 3. The van der Waals surface area contributed by atoms with E-state index < -0.39 is 0 Å². The van der Waals surface area contributed by atoms with Crippen molar-refractivity contribution in [2.75, 3.05) is 13.6 Å². The average molecular weight is 302 g/mol. The first-order valence-electron chi connectivity index (χ1n) is 7.87. The van der Waals surface area contributed by atoms with Crippen LogP contribution in [-0.4, -0.2) is 50.6 Å². The van der Waals surface area contributed by atoms with Crippen LogP contribution in [0.3, 0.4) is 0 Å². The zero-order valence-corrected chi connectivity index (χ0v) is 13.1. The third-order valence-corrected chi connectivity index (χ3v) is 4.53. The lowest BCUT2D eigenvalue weighted by molar-refractivity contribution is 0.0693. The first-order chi connectivity index (χ1) is 10.6. The summed E-state index contributed by atoms with van der Waals surface area (Å²) in [6, 6.07) is 5.50. The molecule has 6 nitrogen and oxygen atoms in total. The monoisotopic (exact) mass is 302 g/mol. The fourth-order valence-corrected chi connectivity index (χ4v) is 3.22. The molecule has 22 heavy (non-hydrogen) atoms. The molecule has 118 valence electrons. The Morgan fingerprint density at radius 3 is 2.95 bits per heavy atom. The predicted molar refractivity (Wildman–Crippen MR) is 83.5 cm³/mol. The first-order valence-corrected chi connectivity index (χ1v) is 7.87.